The number of rotatable bonds is 25. The Hall–Kier alpha value is -6.85. The molecule has 1 atom stereocenters. The average molecular weight is 1000 g/mol. The molecule has 1 aromatic heterocycles. The topological polar surface area (TPSA) is 206 Å². The zero-order chi connectivity index (χ0) is 52.4. The number of amides is 4. The summed E-state index contributed by atoms with van der Waals surface area (Å²) >= 11 is 0. The third-order valence-electron chi connectivity index (χ3n) is 14.2. The number of nitrogens with zero attached hydrogens (tertiary/aromatic N) is 4. The molecule has 73 heavy (non-hydrogen) atoms. The van der Waals surface area contributed by atoms with Gasteiger partial charge in [0.05, 0.1) is 12.1 Å². The first kappa shape index (κ1) is 55.5. The van der Waals surface area contributed by atoms with E-state index in [0.29, 0.717) is 68.3 Å². The van der Waals surface area contributed by atoms with E-state index in [-0.39, 0.29) is 47.9 Å². The first-order valence-electron chi connectivity index (χ1n) is 25.8. The number of unbranched alkanes of at least 4 members (excludes halogenated alkanes) is 3. The molecule has 0 aliphatic carbocycles. The van der Waals surface area contributed by atoms with Gasteiger partial charge >= 0.3 is 0 Å². The van der Waals surface area contributed by atoms with Crippen LogP contribution in [0.2, 0.25) is 0 Å². The van der Waals surface area contributed by atoms with Crippen molar-refractivity contribution in [3.05, 3.63) is 110 Å². The van der Waals surface area contributed by atoms with Crippen LogP contribution in [-0.2, 0) is 25.7 Å². The molecule has 4 aromatic rings. The van der Waals surface area contributed by atoms with Crippen molar-refractivity contribution in [3.8, 4) is 11.1 Å². The van der Waals surface area contributed by atoms with Gasteiger partial charge in [0.2, 0.25) is 11.8 Å². The Labute approximate surface area is 429 Å². The number of aldehydes is 2. The number of piperazine rings is 1. The molecule has 1 unspecified atom stereocenters. The second-order valence-electron chi connectivity index (χ2n) is 19.1. The number of nitrogens with one attached hydrogen (secondary N) is 5. The van der Waals surface area contributed by atoms with Gasteiger partial charge in [-0.25, -0.2) is 0 Å². The number of aromatic nitrogens is 1. The third-order valence-corrected chi connectivity index (χ3v) is 14.2. The fourth-order valence-corrected chi connectivity index (χ4v) is 9.99. The number of pyridine rings is 1. The summed E-state index contributed by atoms with van der Waals surface area (Å²) in [6.07, 6.45) is 6.86. The number of aromatic amines is 1. The van der Waals surface area contributed by atoms with Gasteiger partial charge in [0.25, 0.3) is 17.4 Å². The van der Waals surface area contributed by atoms with Crippen molar-refractivity contribution < 1.29 is 33.5 Å². The van der Waals surface area contributed by atoms with E-state index in [9.17, 15) is 33.6 Å². The van der Waals surface area contributed by atoms with E-state index >= 15 is 0 Å². The van der Waals surface area contributed by atoms with E-state index in [1.54, 1.807) is 18.2 Å². The van der Waals surface area contributed by atoms with Gasteiger partial charge in [-0.3, -0.25) is 33.7 Å². The second kappa shape index (κ2) is 27.3. The Balaban J connectivity index is 0.966. The number of aryl methyl sites for hydroxylation is 2. The highest BCUT2D eigenvalue weighted by Crippen LogP contribution is 2.35. The van der Waals surface area contributed by atoms with Crippen LogP contribution in [0.3, 0.4) is 0 Å². The molecule has 2 aliphatic heterocycles. The summed E-state index contributed by atoms with van der Waals surface area (Å²) in [5, 5.41) is 12.0. The lowest BCUT2D eigenvalue weighted by molar-refractivity contribution is -0.125. The molecule has 0 radical (unpaired) electrons. The fourth-order valence-electron chi connectivity index (χ4n) is 9.99. The van der Waals surface area contributed by atoms with Crippen LogP contribution < -0.4 is 36.6 Å². The highest BCUT2D eigenvalue weighted by atomic mass is 16.5. The molecule has 3 heterocycles. The number of likely N-dealkylation sites (N-methyl/N-ethyl adjacent to an activating group) is 2. The number of carbonyl (C=O) groups is 6. The van der Waals surface area contributed by atoms with Crippen LogP contribution in [0.25, 0.3) is 11.1 Å². The molecule has 2 saturated heterocycles. The molecule has 4 amide bonds. The van der Waals surface area contributed by atoms with Gasteiger partial charge in [-0.2, -0.15) is 0 Å². The zero-order valence-electron chi connectivity index (χ0n) is 43.6. The van der Waals surface area contributed by atoms with Crippen LogP contribution >= 0.6 is 0 Å². The quantitative estimate of drug-likeness (QED) is 0.0396. The summed E-state index contributed by atoms with van der Waals surface area (Å²) in [6, 6.07) is 19.0. The van der Waals surface area contributed by atoms with Gasteiger partial charge in [0, 0.05) is 132 Å². The molecule has 6 rings (SSSR count). The van der Waals surface area contributed by atoms with Gasteiger partial charge in [-0.15, -0.1) is 0 Å². The Morgan fingerprint density at radius 3 is 2.25 bits per heavy atom. The van der Waals surface area contributed by atoms with E-state index < -0.39 is 17.9 Å². The molecule has 17 nitrogen and oxygen atoms in total. The van der Waals surface area contributed by atoms with Gasteiger partial charge < -0.3 is 50.5 Å². The number of hydrogen-bond donors (Lipinski definition) is 5. The van der Waals surface area contributed by atoms with E-state index in [0.717, 1.165) is 111 Å². The van der Waals surface area contributed by atoms with E-state index in [1.807, 2.05) is 32.9 Å². The molecular weight excluding hydrogens is 927 g/mol. The van der Waals surface area contributed by atoms with Crippen LogP contribution in [0.1, 0.15) is 112 Å². The number of benzene rings is 3. The monoisotopic (exact) mass is 1000 g/mol. The molecular formula is C56H75N9O8. The minimum Gasteiger partial charge on any atom is -0.384 e. The summed E-state index contributed by atoms with van der Waals surface area (Å²) in [4.78, 5) is 100.0. The molecule has 0 spiro atoms. The van der Waals surface area contributed by atoms with Crippen molar-refractivity contribution in [2.75, 3.05) is 94.8 Å². The highest BCUT2D eigenvalue weighted by Gasteiger charge is 2.30. The highest BCUT2D eigenvalue weighted by molar-refractivity contribution is 6.07. The number of hydrogen-bond acceptors (Lipinski definition) is 12. The number of carbonyl (C=O) groups excluding carboxylic acids is 6. The second-order valence-corrected chi connectivity index (χ2v) is 19.1. The predicted molar refractivity (Wildman–Crippen MR) is 287 cm³/mol. The van der Waals surface area contributed by atoms with Crippen LogP contribution in [0, 0.1) is 20.8 Å². The zero-order valence-corrected chi connectivity index (χ0v) is 43.6. The van der Waals surface area contributed by atoms with E-state index in [4.69, 9.17) is 4.74 Å². The normalized spacial score (nSPS) is 14.5. The maximum atomic E-state index is 14.0. The SMILES string of the molecule is CCN(c1cc(-c2ccc(N3CCN(CC(=O)NCCCCCCNc4cccc(C=O)c4C(=O)N(C)C(CCC=O)C(=O)NC)CC3)cc2)cc(C(=O)NCc2c(C)cc(C)[nH]c2=O)c1C)C1CCOCC1. The summed E-state index contributed by atoms with van der Waals surface area (Å²) < 4.78 is 5.70. The Bertz CT molecular complexity index is 2600. The largest absolute Gasteiger partial charge is 0.384 e. The molecule has 392 valence electrons. The fraction of sp³-hybridized carbons (Fsp3) is 0.482. The van der Waals surface area contributed by atoms with Crippen molar-refractivity contribution >= 4 is 53.3 Å². The van der Waals surface area contributed by atoms with E-state index in [1.165, 1.54) is 19.0 Å². The standard InChI is InChI=1S/C56H75N9O8/c1-7-65(45-21-30-73-31-22-45)50-34-43(33-46(40(50)4)53(69)60-35-47-38(2)32-39(3)61-54(47)70)41-17-19-44(20-18-41)64-27-25-63(26-28-64)36-51(68)59-24-11-9-8-10-23-58-48-15-12-14-42(37-67)52(48)56(72)62(6)49(16-13-29-66)55(71)57-5/h12,14-15,17-20,29,32-34,37,45,49,58H,7-11,13,16,21-28,30-31,35-36H2,1-6H3,(H,57,71)(H,59,68)(H,60,69)(H,61,70). The van der Waals surface area contributed by atoms with Crippen molar-refractivity contribution in [2.24, 2.45) is 0 Å². The molecule has 3 aromatic carbocycles. The van der Waals surface area contributed by atoms with Crippen molar-refractivity contribution in [1.82, 2.24) is 30.7 Å². The smallest absolute Gasteiger partial charge is 0.257 e. The number of ether oxygens (including phenoxy) is 1. The first-order valence-corrected chi connectivity index (χ1v) is 25.8. The molecule has 17 heteroatoms. The van der Waals surface area contributed by atoms with Crippen LogP contribution in [-0.4, -0.2) is 143 Å². The molecule has 0 saturated carbocycles. The molecule has 2 aliphatic rings. The van der Waals surface area contributed by atoms with Crippen LogP contribution in [0.15, 0.2) is 65.5 Å². The lowest BCUT2D eigenvalue weighted by atomic mass is 9.95. The summed E-state index contributed by atoms with van der Waals surface area (Å²) in [5.41, 5.74) is 8.38. The first-order chi connectivity index (χ1) is 35.3. The minimum atomic E-state index is -0.866. The predicted octanol–water partition coefficient (Wildman–Crippen LogP) is 5.79. The molecule has 0 bridgehead atoms. The van der Waals surface area contributed by atoms with Gasteiger partial charge in [0.15, 0.2) is 6.29 Å². The maximum Gasteiger partial charge on any atom is 0.257 e. The third kappa shape index (κ3) is 14.7. The van der Waals surface area contributed by atoms with Gasteiger partial charge in [-0.05, 0) is 118 Å². The molecule has 5 N–H and O–H groups in total. The number of anilines is 3. The molecule has 2 fully saturated rings. The summed E-state index contributed by atoms with van der Waals surface area (Å²) in [5.74, 6) is -1.10. The van der Waals surface area contributed by atoms with E-state index in [2.05, 4.69) is 78.2 Å². The van der Waals surface area contributed by atoms with Crippen molar-refractivity contribution in [3.63, 3.8) is 0 Å². The maximum absolute atomic E-state index is 14.0. The Kier molecular flexibility index (Phi) is 20.7. The minimum absolute atomic E-state index is 0.00408. The van der Waals surface area contributed by atoms with Crippen LogP contribution in [0.4, 0.5) is 17.1 Å². The Morgan fingerprint density at radius 1 is 0.877 bits per heavy atom. The van der Waals surface area contributed by atoms with Crippen molar-refractivity contribution in [1.29, 1.82) is 0 Å². The van der Waals surface area contributed by atoms with Crippen LogP contribution in [0.5, 0.6) is 0 Å². The lowest BCUT2D eigenvalue weighted by Crippen LogP contribution is -2.49. The Morgan fingerprint density at radius 2 is 1.59 bits per heavy atom. The van der Waals surface area contributed by atoms with Gasteiger partial charge in [0.1, 0.15) is 12.3 Å². The summed E-state index contributed by atoms with van der Waals surface area (Å²) in [6.45, 7) is 14.8. The average Bonchev–Trinajstić information content (AvgIpc) is 3.39. The number of H-pyrrole nitrogens is 1. The van der Waals surface area contributed by atoms with Crippen molar-refractivity contribution in [2.45, 2.75) is 97.7 Å². The van der Waals surface area contributed by atoms with Gasteiger partial charge in [-0.1, -0.05) is 37.1 Å². The lowest BCUT2D eigenvalue weighted by Gasteiger charge is -2.37. The summed E-state index contributed by atoms with van der Waals surface area (Å²) in [7, 11) is 2.97.